The molecule has 1 atom stereocenters. The van der Waals surface area contributed by atoms with Gasteiger partial charge in [-0.1, -0.05) is 13.0 Å². The predicted molar refractivity (Wildman–Crippen MR) is 83.6 cm³/mol. The van der Waals surface area contributed by atoms with Gasteiger partial charge in [0.1, 0.15) is 5.75 Å². The van der Waals surface area contributed by atoms with Crippen molar-refractivity contribution >= 4 is 23.2 Å². The number of hydrogen-bond acceptors (Lipinski definition) is 3. The van der Waals surface area contributed by atoms with Gasteiger partial charge in [-0.2, -0.15) is 0 Å². The van der Waals surface area contributed by atoms with E-state index in [0.29, 0.717) is 17.3 Å². The molecule has 3 N–H and O–H groups in total. The molecule has 110 valence electrons. The van der Waals surface area contributed by atoms with Crippen molar-refractivity contribution in [2.45, 2.75) is 33.3 Å². The van der Waals surface area contributed by atoms with Gasteiger partial charge in [0.15, 0.2) is 11.2 Å². The molecule has 1 amide bonds. The molecule has 5 nitrogen and oxygen atoms in total. The summed E-state index contributed by atoms with van der Waals surface area (Å²) in [6.07, 6.45) is -0.00324. The van der Waals surface area contributed by atoms with E-state index >= 15 is 0 Å². The van der Waals surface area contributed by atoms with Crippen molar-refractivity contribution in [3.05, 3.63) is 29.3 Å². The Balaban J connectivity index is 2.63. The van der Waals surface area contributed by atoms with Crippen LogP contribution < -0.4 is 20.9 Å². The van der Waals surface area contributed by atoms with Crippen LogP contribution in [0.5, 0.6) is 5.75 Å². The van der Waals surface area contributed by atoms with E-state index in [4.69, 9.17) is 17.0 Å². The van der Waals surface area contributed by atoms with E-state index in [9.17, 15) is 4.79 Å². The van der Waals surface area contributed by atoms with Gasteiger partial charge in [-0.3, -0.25) is 15.6 Å². The largest absolute Gasteiger partial charge is 0.481 e. The zero-order valence-corrected chi connectivity index (χ0v) is 13.1. The van der Waals surface area contributed by atoms with Crippen LogP contribution in [-0.2, 0) is 4.79 Å². The third-order valence-corrected chi connectivity index (χ3v) is 3.25. The molecule has 0 heterocycles. The lowest BCUT2D eigenvalue weighted by molar-refractivity contribution is -0.128. The highest BCUT2D eigenvalue weighted by molar-refractivity contribution is 7.80. The highest BCUT2D eigenvalue weighted by atomic mass is 32.1. The zero-order valence-electron chi connectivity index (χ0n) is 12.2. The summed E-state index contributed by atoms with van der Waals surface area (Å²) in [5.41, 5.74) is 7.43. The minimum absolute atomic E-state index is 0.261. The first kappa shape index (κ1) is 16.2. The minimum Gasteiger partial charge on any atom is -0.481 e. The van der Waals surface area contributed by atoms with Crippen molar-refractivity contribution in [3.63, 3.8) is 0 Å². The van der Waals surface area contributed by atoms with Crippen LogP contribution in [-0.4, -0.2) is 24.2 Å². The molecule has 1 unspecified atom stereocenters. The van der Waals surface area contributed by atoms with Crippen LogP contribution in [0, 0.1) is 13.8 Å². The summed E-state index contributed by atoms with van der Waals surface area (Å²) in [6.45, 7) is 5.93. The second kappa shape index (κ2) is 7.69. The van der Waals surface area contributed by atoms with Gasteiger partial charge in [0.05, 0.1) is 0 Å². The van der Waals surface area contributed by atoms with Crippen molar-refractivity contribution in [3.8, 4) is 5.75 Å². The van der Waals surface area contributed by atoms with Crippen LogP contribution in [0.2, 0.25) is 0 Å². The topological polar surface area (TPSA) is 62.4 Å². The molecule has 1 aromatic carbocycles. The number of benzene rings is 1. The summed E-state index contributed by atoms with van der Waals surface area (Å²) in [4.78, 5) is 12.0. The quantitative estimate of drug-likeness (QED) is 0.581. The molecule has 0 aliphatic carbocycles. The van der Waals surface area contributed by atoms with Gasteiger partial charge < -0.3 is 10.1 Å². The Kier molecular flexibility index (Phi) is 6.24. The SMILES string of the molecule is CCC(Oc1ccc(C)c(C)c1)C(=O)NNC(=S)NC. The number of rotatable bonds is 4. The number of aryl methyl sites for hydroxylation is 2. The number of nitrogens with one attached hydrogen (secondary N) is 3. The fraction of sp³-hybridized carbons (Fsp3) is 0.429. The third-order valence-electron chi connectivity index (χ3n) is 2.95. The molecule has 0 saturated heterocycles. The highest BCUT2D eigenvalue weighted by Crippen LogP contribution is 2.18. The van der Waals surface area contributed by atoms with Crippen LogP contribution >= 0.6 is 12.2 Å². The van der Waals surface area contributed by atoms with E-state index in [0.717, 1.165) is 5.56 Å². The van der Waals surface area contributed by atoms with E-state index in [2.05, 4.69) is 16.2 Å². The summed E-state index contributed by atoms with van der Waals surface area (Å²) >= 11 is 4.88. The molecule has 0 fully saturated rings. The first-order valence-electron chi connectivity index (χ1n) is 6.49. The second-order valence-corrected chi connectivity index (χ2v) is 4.86. The number of amides is 1. The van der Waals surface area contributed by atoms with Gasteiger partial charge in [0.25, 0.3) is 5.91 Å². The molecule has 0 saturated carbocycles. The normalized spacial score (nSPS) is 11.4. The molecule has 6 heteroatoms. The Hall–Kier alpha value is -1.82. The second-order valence-electron chi connectivity index (χ2n) is 4.45. The van der Waals surface area contributed by atoms with Crippen molar-refractivity contribution in [2.24, 2.45) is 0 Å². The van der Waals surface area contributed by atoms with Crippen molar-refractivity contribution < 1.29 is 9.53 Å². The van der Waals surface area contributed by atoms with E-state index in [-0.39, 0.29) is 5.91 Å². The Morgan fingerprint density at radius 2 is 2.00 bits per heavy atom. The maximum absolute atomic E-state index is 12.0. The Bertz CT molecular complexity index is 491. The van der Waals surface area contributed by atoms with Gasteiger partial charge in [-0.25, -0.2) is 0 Å². The molecular weight excluding hydrogens is 274 g/mol. The van der Waals surface area contributed by atoms with Gasteiger partial charge >= 0.3 is 0 Å². The van der Waals surface area contributed by atoms with Gasteiger partial charge in [-0.05, 0) is 55.7 Å². The lowest BCUT2D eigenvalue weighted by atomic mass is 10.1. The standard InChI is InChI=1S/C14H21N3O2S/c1-5-12(13(18)16-17-14(20)15-4)19-11-7-6-9(2)10(3)8-11/h6-8,12H,5H2,1-4H3,(H,16,18)(H2,15,17,20). The molecule has 0 radical (unpaired) electrons. The maximum Gasteiger partial charge on any atom is 0.279 e. The lowest BCUT2D eigenvalue weighted by Crippen LogP contribution is -2.50. The van der Waals surface area contributed by atoms with E-state index in [1.807, 2.05) is 39.0 Å². The molecule has 0 bridgehead atoms. The number of ether oxygens (including phenoxy) is 1. The summed E-state index contributed by atoms with van der Waals surface area (Å²) < 4.78 is 5.71. The Morgan fingerprint density at radius 1 is 1.30 bits per heavy atom. The maximum atomic E-state index is 12.0. The molecule has 0 aromatic heterocycles. The van der Waals surface area contributed by atoms with E-state index < -0.39 is 6.10 Å². The van der Waals surface area contributed by atoms with Crippen LogP contribution in [0.25, 0.3) is 0 Å². The number of hydrazine groups is 1. The molecule has 0 spiro atoms. The Labute approximate surface area is 125 Å². The third kappa shape index (κ3) is 4.70. The van der Waals surface area contributed by atoms with Gasteiger partial charge in [-0.15, -0.1) is 0 Å². The van der Waals surface area contributed by atoms with Crippen LogP contribution in [0.1, 0.15) is 24.5 Å². The average molecular weight is 295 g/mol. The van der Waals surface area contributed by atoms with Gasteiger partial charge in [0.2, 0.25) is 0 Å². The molecule has 1 aromatic rings. The molecule has 0 aliphatic heterocycles. The first-order chi connectivity index (χ1) is 9.47. The number of carbonyl (C=O) groups is 1. The average Bonchev–Trinajstić information content (AvgIpc) is 2.45. The summed E-state index contributed by atoms with van der Waals surface area (Å²) in [6, 6.07) is 5.77. The highest BCUT2D eigenvalue weighted by Gasteiger charge is 2.18. The number of hydrogen-bond donors (Lipinski definition) is 3. The molecule has 0 aliphatic rings. The van der Waals surface area contributed by atoms with Crippen LogP contribution in [0.3, 0.4) is 0 Å². The fourth-order valence-electron chi connectivity index (χ4n) is 1.54. The van der Waals surface area contributed by atoms with Crippen molar-refractivity contribution in [2.75, 3.05) is 7.05 Å². The van der Waals surface area contributed by atoms with Crippen LogP contribution in [0.4, 0.5) is 0 Å². The smallest absolute Gasteiger partial charge is 0.279 e. The first-order valence-corrected chi connectivity index (χ1v) is 6.90. The van der Waals surface area contributed by atoms with E-state index in [1.54, 1.807) is 7.05 Å². The molecule has 20 heavy (non-hydrogen) atoms. The minimum atomic E-state index is -0.565. The molecule has 1 rings (SSSR count). The summed E-state index contributed by atoms with van der Waals surface area (Å²) in [5, 5.41) is 3.05. The van der Waals surface area contributed by atoms with Crippen molar-refractivity contribution in [1.29, 1.82) is 0 Å². The fourth-order valence-corrected chi connectivity index (χ4v) is 1.59. The summed E-state index contributed by atoms with van der Waals surface area (Å²) in [7, 11) is 1.67. The van der Waals surface area contributed by atoms with E-state index in [1.165, 1.54) is 5.56 Å². The number of thiocarbonyl (C=S) groups is 1. The monoisotopic (exact) mass is 295 g/mol. The molecular formula is C14H21N3O2S. The lowest BCUT2D eigenvalue weighted by Gasteiger charge is -2.18. The zero-order chi connectivity index (χ0) is 15.1. The van der Waals surface area contributed by atoms with Crippen LogP contribution in [0.15, 0.2) is 18.2 Å². The predicted octanol–water partition coefficient (Wildman–Crippen LogP) is 1.59. The van der Waals surface area contributed by atoms with Crippen molar-refractivity contribution in [1.82, 2.24) is 16.2 Å². The van der Waals surface area contributed by atoms with Gasteiger partial charge in [0, 0.05) is 7.05 Å². The number of carbonyl (C=O) groups excluding carboxylic acids is 1. The Morgan fingerprint density at radius 3 is 2.55 bits per heavy atom. The summed E-state index contributed by atoms with van der Waals surface area (Å²) in [5.74, 6) is 0.426.